The van der Waals surface area contributed by atoms with E-state index in [-0.39, 0.29) is 22.6 Å². The summed E-state index contributed by atoms with van der Waals surface area (Å²) in [5, 5.41) is 0. The lowest BCUT2D eigenvalue weighted by molar-refractivity contribution is -0.134. The maximum absolute atomic E-state index is 12.7. The van der Waals surface area contributed by atoms with Crippen LogP contribution in [0.1, 0.15) is 26.2 Å². The van der Waals surface area contributed by atoms with Crippen molar-refractivity contribution in [3.8, 4) is 0 Å². The molecule has 0 spiro atoms. The van der Waals surface area contributed by atoms with Crippen LogP contribution in [0.4, 0.5) is 5.69 Å². The van der Waals surface area contributed by atoms with E-state index in [1.165, 1.54) is 17.0 Å². The van der Waals surface area contributed by atoms with Gasteiger partial charge in [-0.05, 0) is 37.1 Å². The van der Waals surface area contributed by atoms with Crippen molar-refractivity contribution in [1.82, 2.24) is 4.90 Å². The van der Waals surface area contributed by atoms with Gasteiger partial charge in [-0.2, -0.15) is 0 Å². The molecule has 24 heavy (non-hydrogen) atoms. The molecule has 0 aromatic heterocycles. The van der Waals surface area contributed by atoms with E-state index in [0.29, 0.717) is 25.2 Å². The number of hydrogen-bond acceptors (Lipinski definition) is 4. The van der Waals surface area contributed by atoms with Crippen molar-refractivity contribution in [3.63, 3.8) is 0 Å². The zero-order valence-corrected chi connectivity index (χ0v) is 15.2. The Balaban J connectivity index is 2.10. The smallest absolute Gasteiger partial charge is 0.231 e. The topological polar surface area (TPSA) is 74.8 Å². The average molecular weight is 352 g/mol. The van der Waals surface area contributed by atoms with Gasteiger partial charge < -0.3 is 9.80 Å². The molecule has 132 valence electrons. The molecule has 1 saturated heterocycles. The first-order valence-corrected chi connectivity index (χ1v) is 9.98. The van der Waals surface area contributed by atoms with Crippen LogP contribution in [0.25, 0.3) is 0 Å². The van der Waals surface area contributed by atoms with E-state index in [1.807, 2.05) is 6.92 Å². The van der Waals surface area contributed by atoms with Crippen molar-refractivity contribution in [2.75, 3.05) is 31.3 Å². The number of likely N-dealkylation sites (tertiary alicyclic amines) is 1. The second-order valence-electron chi connectivity index (χ2n) is 6.20. The van der Waals surface area contributed by atoms with Crippen LogP contribution in [0.5, 0.6) is 0 Å². The van der Waals surface area contributed by atoms with Gasteiger partial charge in [-0.1, -0.05) is 6.92 Å². The Kier molecular flexibility index (Phi) is 5.64. The quantitative estimate of drug-likeness (QED) is 0.827. The van der Waals surface area contributed by atoms with Gasteiger partial charge in [0, 0.05) is 38.5 Å². The predicted molar refractivity (Wildman–Crippen MR) is 92.6 cm³/mol. The summed E-state index contributed by atoms with van der Waals surface area (Å²) in [4.78, 5) is 28.1. The second-order valence-corrected chi connectivity index (χ2v) is 8.21. The van der Waals surface area contributed by atoms with Gasteiger partial charge in [-0.3, -0.25) is 9.59 Å². The Bertz CT molecular complexity index is 713. The Morgan fingerprint density at radius 2 is 1.88 bits per heavy atom. The van der Waals surface area contributed by atoms with E-state index >= 15 is 0 Å². The third-order valence-corrected chi connectivity index (χ3v) is 5.54. The minimum Gasteiger partial charge on any atom is -0.342 e. The molecule has 1 unspecified atom stereocenters. The molecular weight excluding hydrogens is 328 g/mol. The Hall–Kier alpha value is -1.89. The number of carbonyl (C=O) groups excluding carboxylic acids is 2. The molecule has 1 heterocycles. The molecule has 0 N–H and O–H groups in total. The molecule has 1 aliphatic heterocycles. The first kappa shape index (κ1) is 18.4. The SMILES string of the molecule is CCC(=O)N1CCCC(C(=O)N(C)c2ccc(S(C)(=O)=O)cc2)C1. The lowest BCUT2D eigenvalue weighted by atomic mass is 9.96. The number of anilines is 1. The van der Waals surface area contributed by atoms with Gasteiger partial charge in [0.05, 0.1) is 10.8 Å². The summed E-state index contributed by atoms with van der Waals surface area (Å²) in [5.41, 5.74) is 0.645. The molecule has 0 bridgehead atoms. The zero-order chi connectivity index (χ0) is 17.9. The number of carbonyl (C=O) groups is 2. The first-order valence-electron chi connectivity index (χ1n) is 8.09. The Morgan fingerprint density at radius 3 is 2.42 bits per heavy atom. The summed E-state index contributed by atoms with van der Waals surface area (Å²) in [6, 6.07) is 6.27. The zero-order valence-electron chi connectivity index (χ0n) is 14.4. The van der Waals surface area contributed by atoms with Crippen molar-refractivity contribution in [3.05, 3.63) is 24.3 Å². The number of benzene rings is 1. The van der Waals surface area contributed by atoms with E-state index in [1.54, 1.807) is 24.1 Å². The van der Waals surface area contributed by atoms with Crippen molar-refractivity contribution in [2.24, 2.45) is 5.92 Å². The number of hydrogen-bond donors (Lipinski definition) is 0. The van der Waals surface area contributed by atoms with Crippen LogP contribution in [0.3, 0.4) is 0 Å². The number of nitrogens with zero attached hydrogens (tertiary/aromatic N) is 2. The Morgan fingerprint density at radius 1 is 1.25 bits per heavy atom. The molecule has 0 aliphatic carbocycles. The fraction of sp³-hybridized carbons (Fsp3) is 0.529. The fourth-order valence-electron chi connectivity index (χ4n) is 2.95. The van der Waals surface area contributed by atoms with Gasteiger partial charge in [0.1, 0.15) is 0 Å². The van der Waals surface area contributed by atoms with E-state index in [4.69, 9.17) is 0 Å². The van der Waals surface area contributed by atoms with Crippen molar-refractivity contribution >= 4 is 27.3 Å². The minimum atomic E-state index is -3.25. The molecule has 0 radical (unpaired) electrons. The van der Waals surface area contributed by atoms with Crippen LogP contribution in [0.2, 0.25) is 0 Å². The van der Waals surface area contributed by atoms with Gasteiger partial charge in [0.25, 0.3) is 0 Å². The fourth-order valence-corrected chi connectivity index (χ4v) is 3.58. The summed E-state index contributed by atoms with van der Waals surface area (Å²) < 4.78 is 23.0. The van der Waals surface area contributed by atoms with Crippen LogP contribution in [0.15, 0.2) is 29.2 Å². The van der Waals surface area contributed by atoms with Gasteiger partial charge >= 0.3 is 0 Å². The standard InChI is InChI=1S/C17H24N2O4S/c1-4-16(20)19-11-5-6-13(12-19)17(21)18(2)14-7-9-15(10-8-14)24(3,22)23/h7-10,13H,4-6,11-12H2,1-3H3. The van der Waals surface area contributed by atoms with Crippen molar-refractivity contribution < 1.29 is 18.0 Å². The monoisotopic (exact) mass is 352 g/mol. The summed E-state index contributed by atoms with van der Waals surface area (Å²) in [6.45, 7) is 2.99. The number of rotatable bonds is 4. The van der Waals surface area contributed by atoms with Crippen LogP contribution in [0, 0.1) is 5.92 Å². The van der Waals surface area contributed by atoms with Gasteiger partial charge in [-0.15, -0.1) is 0 Å². The Labute approximate surface area is 143 Å². The molecule has 1 aromatic carbocycles. The number of piperidine rings is 1. The van der Waals surface area contributed by atoms with E-state index in [0.717, 1.165) is 19.1 Å². The van der Waals surface area contributed by atoms with Crippen LogP contribution in [-0.2, 0) is 19.4 Å². The molecular formula is C17H24N2O4S. The van der Waals surface area contributed by atoms with Crippen LogP contribution < -0.4 is 4.90 Å². The predicted octanol–water partition coefficient (Wildman–Crippen LogP) is 1.70. The molecule has 1 atom stereocenters. The number of amides is 2. The molecule has 1 aliphatic rings. The molecule has 1 fully saturated rings. The minimum absolute atomic E-state index is 0.0456. The van der Waals surface area contributed by atoms with Gasteiger partial charge in [0.15, 0.2) is 9.84 Å². The molecule has 7 heteroatoms. The summed E-state index contributed by atoms with van der Waals surface area (Å²) in [6.07, 6.45) is 3.18. The maximum atomic E-state index is 12.7. The van der Waals surface area contributed by atoms with E-state index in [9.17, 15) is 18.0 Å². The van der Waals surface area contributed by atoms with Crippen LogP contribution in [-0.4, -0.2) is 51.5 Å². The summed E-state index contributed by atoms with van der Waals surface area (Å²) >= 11 is 0. The molecule has 2 rings (SSSR count). The third-order valence-electron chi connectivity index (χ3n) is 4.41. The lowest BCUT2D eigenvalue weighted by Crippen LogP contribution is -2.45. The van der Waals surface area contributed by atoms with Crippen molar-refractivity contribution in [1.29, 1.82) is 0 Å². The lowest BCUT2D eigenvalue weighted by Gasteiger charge is -2.34. The van der Waals surface area contributed by atoms with Crippen LogP contribution >= 0.6 is 0 Å². The maximum Gasteiger partial charge on any atom is 0.231 e. The molecule has 1 aromatic rings. The van der Waals surface area contributed by atoms with E-state index in [2.05, 4.69) is 0 Å². The number of sulfone groups is 1. The second kappa shape index (κ2) is 7.34. The highest BCUT2D eigenvalue weighted by Gasteiger charge is 2.30. The largest absolute Gasteiger partial charge is 0.342 e. The summed E-state index contributed by atoms with van der Waals surface area (Å²) in [5.74, 6) is -0.183. The van der Waals surface area contributed by atoms with Gasteiger partial charge in [-0.25, -0.2) is 8.42 Å². The highest BCUT2D eigenvalue weighted by Crippen LogP contribution is 2.23. The highest BCUT2D eigenvalue weighted by molar-refractivity contribution is 7.90. The third kappa shape index (κ3) is 4.14. The first-order chi connectivity index (χ1) is 11.2. The van der Waals surface area contributed by atoms with Crippen molar-refractivity contribution in [2.45, 2.75) is 31.1 Å². The highest BCUT2D eigenvalue weighted by atomic mass is 32.2. The summed E-state index contributed by atoms with van der Waals surface area (Å²) in [7, 11) is -1.57. The van der Waals surface area contributed by atoms with E-state index < -0.39 is 9.84 Å². The van der Waals surface area contributed by atoms with Gasteiger partial charge in [0.2, 0.25) is 11.8 Å². The molecule has 0 saturated carbocycles. The average Bonchev–Trinajstić information content (AvgIpc) is 2.59. The molecule has 6 nitrogen and oxygen atoms in total. The molecule has 2 amide bonds. The normalized spacial score (nSPS) is 18.3.